The summed E-state index contributed by atoms with van der Waals surface area (Å²) in [5.74, 6) is 1.56. The fraction of sp³-hybridized carbons (Fsp3) is 0.250. The van der Waals surface area contributed by atoms with Crippen molar-refractivity contribution in [2.45, 2.75) is 6.04 Å². The molecule has 0 aliphatic rings. The van der Waals surface area contributed by atoms with Crippen molar-refractivity contribution in [2.24, 2.45) is 0 Å². The van der Waals surface area contributed by atoms with Crippen LogP contribution in [0.25, 0.3) is 0 Å². The Morgan fingerprint density at radius 2 is 1.71 bits per heavy atom. The largest absolute Gasteiger partial charge is 0.496 e. The lowest BCUT2D eigenvalue weighted by molar-refractivity contribution is 0.378. The summed E-state index contributed by atoms with van der Waals surface area (Å²) in [5.41, 5.74) is 2.05. The van der Waals surface area contributed by atoms with Gasteiger partial charge in [-0.2, -0.15) is 0 Å². The molecule has 1 unspecified atom stereocenters. The fourth-order valence-corrected chi connectivity index (χ4v) is 3.18. The van der Waals surface area contributed by atoms with Crippen molar-refractivity contribution in [3.63, 3.8) is 0 Å². The first kappa shape index (κ1) is 16.4. The van der Waals surface area contributed by atoms with Crippen molar-refractivity contribution >= 4 is 34.2 Å². The topological polar surface area (TPSA) is 30.5 Å². The predicted octanol–water partition coefficient (Wildman–Crippen LogP) is 4.27. The molecule has 3 nitrogen and oxygen atoms in total. The van der Waals surface area contributed by atoms with E-state index in [2.05, 4.69) is 27.9 Å². The van der Waals surface area contributed by atoms with Crippen molar-refractivity contribution in [3.8, 4) is 11.5 Å². The average Bonchev–Trinajstić information content (AvgIpc) is 2.51. The quantitative estimate of drug-likeness (QED) is 0.737. The van der Waals surface area contributed by atoms with Crippen molar-refractivity contribution < 1.29 is 9.47 Å². The number of benzene rings is 2. The molecule has 21 heavy (non-hydrogen) atoms. The van der Waals surface area contributed by atoms with E-state index >= 15 is 0 Å². The third-order valence-corrected chi connectivity index (χ3v) is 4.53. The van der Waals surface area contributed by atoms with Crippen LogP contribution in [0.1, 0.15) is 17.2 Å². The Hall–Kier alpha value is -0.980. The summed E-state index contributed by atoms with van der Waals surface area (Å²) in [6.07, 6.45) is 0. The van der Waals surface area contributed by atoms with Crippen LogP contribution < -0.4 is 14.8 Å². The summed E-state index contributed by atoms with van der Waals surface area (Å²) in [6.45, 7) is 0. The number of halogens is 2. The highest BCUT2D eigenvalue weighted by atomic mass is 127. The van der Waals surface area contributed by atoms with E-state index in [1.807, 2.05) is 43.4 Å². The second-order valence-electron chi connectivity index (χ2n) is 4.46. The monoisotopic (exact) mass is 417 g/mol. The van der Waals surface area contributed by atoms with Gasteiger partial charge in [0, 0.05) is 8.59 Å². The summed E-state index contributed by atoms with van der Waals surface area (Å²) in [5, 5.41) is 4.04. The molecule has 2 aromatic rings. The Balaban J connectivity index is 2.63. The Bertz CT molecular complexity index is 611. The highest BCUT2D eigenvalue weighted by Crippen LogP contribution is 2.39. The van der Waals surface area contributed by atoms with Gasteiger partial charge in [-0.15, -0.1) is 0 Å². The molecule has 0 saturated heterocycles. The smallest absolute Gasteiger partial charge is 0.127 e. The maximum Gasteiger partial charge on any atom is 0.127 e. The molecule has 0 saturated carbocycles. The van der Waals surface area contributed by atoms with E-state index < -0.39 is 0 Å². The van der Waals surface area contributed by atoms with Gasteiger partial charge in [-0.25, -0.2) is 0 Å². The predicted molar refractivity (Wildman–Crippen MR) is 94.6 cm³/mol. The number of methoxy groups -OCH3 is 2. The standard InChI is InChI=1S/C16H17ClINO2/c1-19-16(11-9-10(17)7-8-12(11)18)15-13(20-2)5-4-6-14(15)21-3/h4-9,16,19H,1-3H3. The molecule has 0 aliphatic carbocycles. The van der Waals surface area contributed by atoms with Gasteiger partial charge < -0.3 is 14.8 Å². The minimum atomic E-state index is -0.0679. The summed E-state index contributed by atoms with van der Waals surface area (Å²) in [6, 6.07) is 11.6. The fourth-order valence-electron chi connectivity index (χ4n) is 2.36. The van der Waals surface area contributed by atoms with Gasteiger partial charge in [-0.05, 0) is 65.5 Å². The molecular weight excluding hydrogens is 401 g/mol. The average molecular weight is 418 g/mol. The van der Waals surface area contributed by atoms with E-state index in [4.69, 9.17) is 21.1 Å². The molecule has 0 bridgehead atoms. The number of ether oxygens (including phenoxy) is 2. The van der Waals surface area contributed by atoms with Gasteiger partial charge in [0.2, 0.25) is 0 Å². The van der Waals surface area contributed by atoms with Crippen LogP contribution in [0.15, 0.2) is 36.4 Å². The number of hydrogen-bond acceptors (Lipinski definition) is 3. The molecule has 1 atom stereocenters. The molecule has 2 rings (SSSR count). The zero-order chi connectivity index (χ0) is 15.4. The van der Waals surface area contributed by atoms with Crippen LogP contribution in [0.4, 0.5) is 0 Å². The van der Waals surface area contributed by atoms with Crippen LogP contribution in [-0.2, 0) is 0 Å². The van der Waals surface area contributed by atoms with Crippen molar-refractivity contribution in [1.82, 2.24) is 5.32 Å². The molecule has 0 amide bonds. The molecule has 0 fully saturated rings. The highest BCUT2D eigenvalue weighted by Gasteiger charge is 2.23. The van der Waals surface area contributed by atoms with Crippen molar-refractivity contribution in [1.29, 1.82) is 0 Å². The molecule has 0 aliphatic heterocycles. The van der Waals surface area contributed by atoms with E-state index in [9.17, 15) is 0 Å². The van der Waals surface area contributed by atoms with Crippen LogP contribution in [0.3, 0.4) is 0 Å². The van der Waals surface area contributed by atoms with Crippen molar-refractivity contribution in [3.05, 3.63) is 56.1 Å². The van der Waals surface area contributed by atoms with Gasteiger partial charge in [-0.3, -0.25) is 0 Å². The molecule has 0 heterocycles. The lowest BCUT2D eigenvalue weighted by Crippen LogP contribution is -2.20. The third-order valence-electron chi connectivity index (χ3n) is 3.31. The first-order valence-electron chi connectivity index (χ1n) is 6.45. The first-order valence-corrected chi connectivity index (χ1v) is 7.91. The molecule has 5 heteroatoms. The molecule has 2 aromatic carbocycles. The van der Waals surface area contributed by atoms with Gasteiger partial charge >= 0.3 is 0 Å². The molecule has 1 N–H and O–H groups in total. The van der Waals surface area contributed by atoms with Gasteiger partial charge in [0.15, 0.2) is 0 Å². The van der Waals surface area contributed by atoms with E-state index in [0.29, 0.717) is 5.02 Å². The van der Waals surface area contributed by atoms with Crippen LogP contribution in [0, 0.1) is 3.57 Å². The first-order chi connectivity index (χ1) is 10.1. The number of hydrogen-bond donors (Lipinski definition) is 1. The van der Waals surface area contributed by atoms with E-state index in [-0.39, 0.29) is 6.04 Å². The highest BCUT2D eigenvalue weighted by molar-refractivity contribution is 14.1. The Morgan fingerprint density at radius 3 is 2.24 bits per heavy atom. The molecule has 0 aromatic heterocycles. The molecule has 0 radical (unpaired) electrons. The third kappa shape index (κ3) is 3.44. The SMILES string of the molecule is CNC(c1cc(Cl)ccc1I)c1c(OC)cccc1OC. The Kier molecular flexibility index (Phi) is 5.72. The molecule has 112 valence electrons. The van der Waals surface area contributed by atoms with E-state index in [1.54, 1.807) is 14.2 Å². The Labute approximate surface area is 143 Å². The summed E-state index contributed by atoms with van der Waals surface area (Å²) >= 11 is 8.47. The molecule has 0 spiro atoms. The lowest BCUT2D eigenvalue weighted by Gasteiger charge is -2.23. The van der Waals surface area contributed by atoms with Crippen molar-refractivity contribution in [2.75, 3.05) is 21.3 Å². The normalized spacial score (nSPS) is 12.0. The van der Waals surface area contributed by atoms with Gasteiger partial charge in [0.05, 0.1) is 25.8 Å². The number of rotatable bonds is 5. The summed E-state index contributed by atoms with van der Waals surface area (Å²) < 4.78 is 12.1. The maximum absolute atomic E-state index is 6.16. The second-order valence-corrected chi connectivity index (χ2v) is 6.06. The van der Waals surface area contributed by atoms with Crippen LogP contribution in [0.5, 0.6) is 11.5 Å². The molecular formula is C16H17ClINO2. The van der Waals surface area contributed by atoms with E-state index in [1.165, 1.54) is 0 Å². The van der Waals surface area contributed by atoms with Crippen LogP contribution in [-0.4, -0.2) is 21.3 Å². The Morgan fingerprint density at radius 1 is 1.10 bits per heavy atom. The van der Waals surface area contributed by atoms with Crippen LogP contribution >= 0.6 is 34.2 Å². The zero-order valence-corrected chi connectivity index (χ0v) is 15.0. The second kappa shape index (κ2) is 7.33. The zero-order valence-electron chi connectivity index (χ0n) is 12.1. The van der Waals surface area contributed by atoms with Gasteiger partial charge in [0.25, 0.3) is 0 Å². The minimum absolute atomic E-state index is 0.0679. The maximum atomic E-state index is 6.16. The van der Waals surface area contributed by atoms with Gasteiger partial charge in [0.1, 0.15) is 11.5 Å². The number of nitrogens with one attached hydrogen (secondary N) is 1. The van der Waals surface area contributed by atoms with E-state index in [0.717, 1.165) is 26.2 Å². The summed E-state index contributed by atoms with van der Waals surface area (Å²) in [4.78, 5) is 0. The lowest BCUT2D eigenvalue weighted by atomic mass is 9.97. The minimum Gasteiger partial charge on any atom is -0.496 e. The van der Waals surface area contributed by atoms with Crippen LogP contribution in [0.2, 0.25) is 5.02 Å². The van der Waals surface area contributed by atoms with Gasteiger partial charge in [-0.1, -0.05) is 17.7 Å². The summed E-state index contributed by atoms with van der Waals surface area (Å²) in [7, 11) is 5.23.